The van der Waals surface area contributed by atoms with Gasteiger partial charge >= 0.3 is 0 Å². The molecule has 0 fully saturated rings. The maximum absolute atomic E-state index is 4.51. The van der Waals surface area contributed by atoms with Crippen LogP contribution in [0.4, 0.5) is 5.69 Å². The second-order valence-electron chi connectivity index (χ2n) is 4.50. The number of aryl methyl sites for hydroxylation is 1. The summed E-state index contributed by atoms with van der Waals surface area (Å²) in [5.74, 6) is 0. The van der Waals surface area contributed by atoms with Crippen molar-refractivity contribution in [1.29, 1.82) is 0 Å². The minimum Gasteiger partial charge on any atom is -0.316 e. The fourth-order valence-corrected chi connectivity index (χ4v) is 2.85. The molecule has 0 saturated heterocycles. The third kappa shape index (κ3) is 2.36. The van der Waals surface area contributed by atoms with Crippen LogP contribution >= 0.6 is 11.8 Å². The largest absolute Gasteiger partial charge is 0.316 e. The summed E-state index contributed by atoms with van der Waals surface area (Å²) < 4.78 is 1.82. The fraction of sp³-hybridized carbons (Fsp3) is 0.200. The molecule has 1 aromatic carbocycles. The first kappa shape index (κ1) is 13.0. The maximum atomic E-state index is 4.51. The smallest absolute Gasteiger partial charge is 0.172 e. The van der Waals surface area contributed by atoms with Crippen LogP contribution in [-0.2, 0) is 7.05 Å². The van der Waals surface area contributed by atoms with Crippen molar-refractivity contribution in [2.45, 2.75) is 5.50 Å². The normalized spacial score (nSPS) is 17.7. The van der Waals surface area contributed by atoms with E-state index >= 15 is 0 Å². The van der Waals surface area contributed by atoms with Crippen molar-refractivity contribution in [2.24, 2.45) is 12.0 Å². The monoisotopic (exact) mass is 284 g/mol. The van der Waals surface area contributed by atoms with Gasteiger partial charge in [0.25, 0.3) is 0 Å². The van der Waals surface area contributed by atoms with Gasteiger partial charge in [-0.1, -0.05) is 18.2 Å². The Hall–Kier alpha value is -2.01. The third-order valence-corrected chi connectivity index (χ3v) is 3.94. The summed E-state index contributed by atoms with van der Waals surface area (Å²) >= 11 is 1.71. The third-order valence-electron chi connectivity index (χ3n) is 3.17. The number of para-hydroxylation sites is 1. The molecule has 2 aromatic rings. The maximum Gasteiger partial charge on any atom is 0.172 e. The highest BCUT2D eigenvalue weighted by Gasteiger charge is 2.20. The van der Waals surface area contributed by atoms with E-state index in [0.29, 0.717) is 0 Å². The van der Waals surface area contributed by atoms with E-state index in [-0.39, 0.29) is 5.50 Å². The summed E-state index contributed by atoms with van der Waals surface area (Å²) in [6.45, 7) is 0. The molecule has 1 aromatic heterocycles. The lowest BCUT2D eigenvalue weighted by Crippen LogP contribution is -2.28. The molecule has 0 spiro atoms. The van der Waals surface area contributed by atoms with Crippen molar-refractivity contribution in [2.75, 3.05) is 11.2 Å². The molecule has 102 valence electrons. The van der Waals surface area contributed by atoms with E-state index < -0.39 is 0 Å². The average molecular weight is 284 g/mol. The summed E-state index contributed by atoms with van der Waals surface area (Å²) in [6, 6.07) is 10.3. The molecule has 5 heteroatoms. The van der Waals surface area contributed by atoms with Crippen LogP contribution in [0.3, 0.4) is 0 Å². The number of benzene rings is 1. The first-order valence-corrected chi connectivity index (χ1v) is 7.68. The molecular weight excluding hydrogens is 268 g/mol. The molecule has 0 saturated carbocycles. The zero-order chi connectivity index (χ0) is 13.9. The van der Waals surface area contributed by atoms with Crippen molar-refractivity contribution in [1.82, 2.24) is 9.78 Å². The zero-order valence-corrected chi connectivity index (χ0v) is 12.3. The van der Waals surface area contributed by atoms with Crippen LogP contribution < -0.4 is 4.90 Å². The van der Waals surface area contributed by atoms with Crippen molar-refractivity contribution in [3.05, 3.63) is 48.8 Å². The van der Waals surface area contributed by atoms with Gasteiger partial charge in [-0.3, -0.25) is 9.67 Å². The number of thioether (sulfide) groups is 1. The van der Waals surface area contributed by atoms with Gasteiger partial charge in [0, 0.05) is 31.2 Å². The average Bonchev–Trinajstić information content (AvgIpc) is 2.93. The molecule has 3 rings (SSSR count). The van der Waals surface area contributed by atoms with E-state index in [9.17, 15) is 0 Å². The molecule has 0 aliphatic carbocycles. The molecule has 1 aliphatic heterocycles. The lowest BCUT2D eigenvalue weighted by Gasteiger charge is -2.29. The summed E-state index contributed by atoms with van der Waals surface area (Å²) in [6.07, 6.45) is 9.90. The predicted octanol–water partition coefficient (Wildman–Crippen LogP) is 3.14. The first-order valence-electron chi connectivity index (χ1n) is 6.40. The predicted molar refractivity (Wildman–Crippen MR) is 86.1 cm³/mol. The van der Waals surface area contributed by atoms with E-state index in [2.05, 4.69) is 39.6 Å². The van der Waals surface area contributed by atoms with Crippen LogP contribution in [0.1, 0.15) is 0 Å². The van der Waals surface area contributed by atoms with Crippen LogP contribution in [-0.4, -0.2) is 27.7 Å². The topological polar surface area (TPSA) is 33.4 Å². The first-order chi connectivity index (χ1) is 9.79. The Kier molecular flexibility index (Phi) is 3.60. The number of rotatable bonds is 3. The number of anilines is 1. The van der Waals surface area contributed by atoms with E-state index in [0.717, 1.165) is 16.9 Å². The lowest BCUT2D eigenvalue weighted by molar-refractivity contribution is 0.770. The van der Waals surface area contributed by atoms with Gasteiger partial charge in [-0.15, -0.1) is 11.8 Å². The van der Waals surface area contributed by atoms with Gasteiger partial charge in [0.1, 0.15) is 0 Å². The van der Waals surface area contributed by atoms with Gasteiger partial charge in [-0.25, -0.2) is 0 Å². The van der Waals surface area contributed by atoms with Crippen molar-refractivity contribution in [3.8, 4) is 11.3 Å². The highest BCUT2D eigenvalue weighted by atomic mass is 32.2. The van der Waals surface area contributed by atoms with Crippen LogP contribution in [0.5, 0.6) is 0 Å². The molecule has 0 radical (unpaired) electrons. The van der Waals surface area contributed by atoms with Gasteiger partial charge < -0.3 is 4.90 Å². The Balaban J connectivity index is 2.06. The fourth-order valence-electron chi connectivity index (χ4n) is 2.25. The number of hydrogen-bond donors (Lipinski definition) is 0. The second-order valence-corrected chi connectivity index (χ2v) is 5.39. The van der Waals surface area contributed by atoms with Gasteiger partial charge in [0.2, 0.25) is 0 Å². The zero-order valence-electron chi connectivity index (χ0n) is 11.5. The number of aromatic nitrogens is 2. The number of nitrogens with zero attached hydrogens (tertiary/aromatic N) is 4. The summed E-state index contributed by atoms with van der Waals surface area (Å²) in [4.78, 5) is 6.67. The van der Waals surface area contributed by atoms with Gasteiger partial charge in [-0.2, -0.15) is 5.10 Å². The summed E-state index contributed by atoms with van der Waals surface area (Å²) in [5, 5.41) is 4.51. The molecule has 0 bridgehead atoms. The SMILES string of the molecule is CSC1N=CC=CN1c1ccccc1-c1ccn(C)n1. The second kappa shape index (κ2) is 5.54. The van der Waals surface area contributed by atoms with Gasteiger partial charge in [0.05, 0.1) is 11.4 Å². The minimum atomic E-state index is 0.0739. The van der Waals surface area contributed by atoms with Crippen LogP contribution in [0.2, 0.25) is 0 Å². The molecule has 1 atom stereocenters. The highest BCUT2D eigenvalue weighted by Crippen LogP contribution is 2.33. The van der Waals surface area contributed by atoms with Crippen molar-refractivity contribution in [3.63, 3.8) is 0 Å². The summed E-state index contributed by atoms with van der Waals surface area (Å²) in [5.41, 5.74) is 3.29. The Morgan fingerprint density at radius 3 is 2.80 bits per heavy atom. The quantitative estimate of drug-likeness (QED) is 0.868. The van der Waals surface area contributed by atoms with E-state index in [1.54, 1.807) is 11.8 Å². The number of allylic oxidation sites excluding steroid dienone is 1. The van der Waals surface area contributed by atoms with Crippen LogP contribution in [0, 0.1) is 0 Å². The Labute approximate surface area is 122 Å². The number of hydrogen-bond acceptors (Lipinski definition) is 4. The van der Waals surface area contributed by atoms with E-state index in [1.807, 2.05) is 48.4 Å². The Bertz CT molecular complexity index is 659. The molecule has 0 amide bonds. The highest BCUT2D eigenvalue weighted by molar-refractivity contribution is 7.99. The minimum absolute atomic E-state index is 0.0739. The standard InChI is InChI=1S/C15H16N4S/c1-18-11-8-13(17-18)12-6-3-4-7-14(12)19-10-5-9-16-15(19)20-2/h3-11,15H,1-2H3. The van der Waals surface area contributed by atoms with Gasteiger partial charge in [0.15, 0.2) is 5.50 Å². The van der Waals surface area contributed by atoms with Crippen LogP contribution in [0.25, 0.3) is 11.3 Å². The molecule has 2 heterocycles. The van der Waals surface area contributed by atoms with Gasteiger partial charge in [-0.05, 0) is 24.5 Å². The summed E-state index contributed by atoms with van der Waals surface area (Å²) in [7, 11) is 1.93. The molecule has 20 heavy (non-hydrogen) atoms. The van der Waals surface area contributed by atoms with E-state index in [1.165, 1.54) is 0 Å². The lowest BCUT2D eigenvalue weighted by atomic mass is 10.1. The molecular formula is C15H16N4S. The Morgan fingerprint density at radius 2 is 2.05 bits per heavy atom. The Morgan fingerprint density at radius 1 is 1.20 bits per heavy atom. The van der Waals surface area contributed by atoms with Crippen LogP contribution in [0.15, 0.2) is 53.8 Å². The molecule has 1 aliphatic rings. The van der Waals surface area contributed by atoms with E-state index in [4.69, 9.17) is 0 Å². The molecule has 1 unspecified atom stereocenters. The van der Waals surface area contributed by atoms with Crippen molar-refractivity contribution >= 4 is 23.7 Å². The van der Waals surface area contributed by atoms with Crippen molar-refractivity contribution < 1.29 is 0 Å². The number of aliphatic imine (C=N–C) groups is 1. The molecule has 4 nitrogen and oxygen atoms in total. The molecule has 0 N–H and O–H groups in total.